The maximum absolute atomic E-state index is 12.6. The molecule has 0 aromatic heterocycles. The van der Waals surface area contributed by atoms with Crippen LogP contribution in [0.4, 0.5) is 5.69 Å². The third kappa shape index (κ3) is 3.50. The van der Waals surface area contributed by atoms with E-state index in [4.69, 9.17) is 4.74 Å². The molecule has 3 rings (SSSR count). The number of carbonyl (C=O) groups is 2. The predicted molar refractivity (Wildman–Crippen MR) is 88.9 cm³/mol. The summed E-state index contributed by atoms with van der Waals surface area (Å²) in [4.78, 5) is 36.4. The van der Waals surface area contributed by atoms with Crippen molar-refractivity contribution in [3.8, 4) is 0 Å². The predicted octanol–water partition coefficient (Wildman–Crippen LogP) is 2.33. The summed E-state index contributed by atoms with van der Waals surface area (Å²) in [6, 6.07) is 13.1. The number of nitro benzene ring substituents is 1. The zero-order valence-electron chi connectivity index (χ0n) is 13.5. The first-order chi connectivity index (χ1) is 12.0. The van der Waals surface area contributed by atoms with Crippen molar-refractivity contribution in [2.45, 2.75) is 19.1 Å². The third-order valence-corrected chi connectivity index (χ3v) is 4.08. The fourth-order valence-electron chi connectivity index (χ4n) is 2.84. The lowest BCUT2D eigenvalue weighted by atomic mass is 9.98. The minimum absolute atomic E-state index is 0.0311. The molecule has 0 bridgehead atoms. The summed E-state index contributed by atoms with van der Waals surface area (Å²) in [5.41, 5.74) is 1.86. The van der Waals surface area contributed by atoms with Gasteiger partial charge in [-0.3, -0.25) is 14.9 Å². The van der Waals surface area contributed by atoms with Gasteiger partial charge in [-0.2, -0.15) is 0 Å². The van der Waals surface area contributed by atoms with Gasteiger partial charge in [-0.05, 0) is 17.2 Å². The topological polar surface area (TPSA) is 89.8 Å². The molecule has 7 heteroatoms. The van der Waals surface area contributed by atoms with Crippen LogP contribution in [0, 0.1) is 10.1 Å². The Balaban J connectivity index is 1.72. The first kappa shape index (κ1) is 16.6. The van der Waals surface area contributed by atoms with Crippen LogP contribution in [0.15, 0.2) is 48.5 Å². The minimum atomic E-state index is -0.883. The SMILES string of the molecule is CN(Cc1cccc([N+](=O)[O-])c1)C(=O)[C@@H]1Cc2ccccc2C(=O)O1. The van der Waals surface area contributed by atoms with E-state index in [1.165, 1.54) is 17.0 Å². The number of non-ortho nitro benzene ring substituents is 1. The fraction of sp³-hybridized carbons (Fsp3) is 0.222. The molecule has 0 saturated heterocycles. The van der Waals surface area contributed by atoms with Gasteiger partial charge in [0.25, 0.3) is 11.6 Å². The number of likely N-dealkylation sites (N-methyl/N-ethyl adjacent to an activating group) is 1. The van der Waals surface area contributed by atoms with E-state index in [1.807, 2.05) is 6.07 Å². The van der Waals surface area contributed by atoms with Crippen molar-refractivity contribution in [1.82, 2.24) is 4.90 Å². The maximum atomic E-state index is 12.6. The van der Waals surface area contributed by atoms with E-state index in [0.717, 1.165) is 5.56 Å². The van der Waals surface area contributed by atoms with E-state index in [9.17, 15) is 19.7 Å². The molecule has 0 saturated carbocycles. The van der Waals surface area contributed by atoms with Crippen molar-refractivity contribution in [3.05, 3.63) is 75.3 Å². The largest absolute Gasteiger partial charge is 0.448 e. The second kappa shape index (κ2) is 6.72. The summed E-state index contributed by atoms with van der Waals surface area (Å²) in [6.45, 7) is 0.191. The molecule has 1 amide bonds. The Kier molecular flexibility index (Phi) is 4.47. The number of carbonyl (C=O) groups excluding carboxylic acids is 2. The highest BCUT2D eigenvalue weighted by molar-refractivity contribution is 5.95. The first-order valence-corrected chi connectivity index (χ1v) is 7.73. The Morgan fingerprint density at radius 1 is 1.28 bits per heavy atom. The van der Waals surface area contributed by atoms with Gasteiger partial charge in [0.2, 0.25) is 0 Å². The zero-order chi connectivity index (χ0) is 18.0. The summed E-state index contributed by atoms with van der Waals surface area (Å²) in [7, 11) is 1.58. The molecule has 0 unspecified atom stereocenters. The lowest BCUT2D eigenvalue weighted by Gasteiger charge is -2.27. The van der Waals surface area contributed by atoms with Crippen molar-refractivity contribution < 1.29 is 19.2 Å². The molecule has 0 radical (unpaired) electrons. The van der Waals surface area contributed by atoms with Crippen molar-refractivity contribution in [2.24, 2.45) is 0 Å². The second-order valence-corrected chi connectivity index (χ2v) is 5.88. The lowest BCUT2D eigenvalue weighted by molar-refractivity contribution is -0.384. The van der Waals surface area contributed by atoms with E-state index in [1.54, 1.807) is 37.4 Å². The number of nitro groups is 1. The number of nitrogens with zero attached hydrogens (tertiary/aromatic N) is 2. The molecule has 7 nitrogen and oxygen atoms in total. The van der Waals surface area contributed by atoms with E-state index >= 15 is 0 Å². The molecular formula is C18H16N2O5. The highest BCUT2D eigenvalue weighted by atomic mass is 16.6. The average Bonchev–Trinajstić information content (AvgIpc) is 2.61. The fourth-order valence-corrected chi connectivity index (χ4v) is 2.84. The molecule has 1 heterocycles. The smallest absolute Gasteiger partial charge is 0.339 e. The molecular weight excluding hydrogens is 324 g/mol. The Hall–Kier alpha value is -3.22. The Morgan fingerprint density at radius 2 is 2.04 bits per heavy atom. The highest BCUT2D eigenvalue weighted by Crippen LogP contribution is 2.22. The molecule has 2 aromatic rings. The van der Waals surface area contributed by atoms with Crippen LogP contribution in [-0.2, 0) is 22.5 Å². The van der Waals surface area contributed by atoms with E-state index < -0.39 is 17.0 Å². The standard InChI is InChI=1S/C18H16N2O5/c1-19(11-12-5-4-7-14(9-12)20(23)24)17(21)16-10-13-6-2-3-8-15(13)18(22)25-16/h2-9,16H,10-11H2,1H3/t16-/m0/s1. The van der Waals surface area contributed by atoms with Gasteiger partial charge in [-0.1, -0.05) is 30.3 Å². The normalized spacial score (nSPS) is 15.9. The number of hydrogen-bond acceptors (Lipinski definition) is 5. The van der Waals surface area contributed by atoms with Crippen LogP contribution >= 0.6 is 0 Å². The number of benzene rings is 2. The van der Waals surface area contributed by atoms with Crippen LogP contribution in [0.3, 0.4) is 0 Å². The van der Waals surface area contributed by atoms with Crippen molar-refractivity contribution >= 4 is 17.6 Å². The summed E-state index contributed by atoms with van der Waals surface area (Å²) < 4.78 is 5.26. The molecule has 2 aromatic carbocycles. The van der Waals surface area contributed by atoms with Gasteiger partial charge in [-0.15, -0.1) is 0 Å². The second-order valence-electron chi connectivity index (χ2n) is 5.88. The number of esters is 1. The molecule has 1 aliphatic heterocycles. The quantitative estimate of drug-likeness (QED) is 0.484. The van der Waals surface area contributed by atoms with E-state index in [2.05, 4.69) is 0 Å². The molecule has 1 atom stereocenters. The molecule has 0 N–H and O–H groups in total. The highest BCUT2D eigenvalue weighted by Gasteiger charge is 2.32. The van der Waals surface area contributed by atoms with Crippen molar-refractivity contribution in [2.75, 3.05) is 7.05 Å². The third-order valence-electron chi connectivity index (χ3n) is 4.08. The van der Waals surface area contributed by atoms with Gasteiger partial charge in [0.05, 0.1) is 10.5 Å². The number of cyclic esters (lactones) is 1. The number of rotatable bonds is 4. The summed E-state index contributed by atoms with van der Waals surface area (Å²) >= 11 is 0. The van der Waals surface area contributed by atoms with Gasteiger partial charge in [-0.25, -0.2) is 4.79 Å². The van der Waals surface area contributed by atoms with E-state index in [0.29, 0.717) is 17.5 Å². The minimum Gasteiger partial charge on any atom is -0.448 e. The Bertz CT molecular complexity index is 849. The van der Waals surface area contributed by atoms with E-state index in [-0.39, 0.29) is 18.1 Å². The van der Waals surface area contributed by atoms with Crippen LogP contribution < -0.4 is 0 Å². The number of ether oxygens (including phenoxy) is 1. The monoisotopic (exact) mass is 340 g/mol. The molecule has 25 heavy (non-hydrogen) atoms. The van der Waals surface area contributed by atoms with Crippen LogP contribution in [0.25, 0.3) is 0 Å². The molecule has 128 valence electrons. The van der Waals surface area contributed by atoms with Crippen LogP contribution in [0.2, 0.25) is 0 Å². The van der Waals surface area contributed by atoms with Gasteiger partial charge in [0.15, 0.2) is 6.10 Å². The van der Waals surface area contributed by atoms with Crippen LogP contribution in [-0.4, -0.2) is 34.9 Å². The van der Waals surface area contributed by atoms with Gasteiger partial charge >= 0.3 is 5.97 Å². The van der Waals surface area contributed by atoms with Crippen LogP contribution in [0.1, 0.15) is 21.5 Å². The summed E-state index contributed by atoms with van der Waals surface area (Å²) in [5, 5.41) is 10.8. The Morgan fingerprint density at radius 3 is 2.80 bits per heavy atom. The number of hydrogen-bond donors (Lipinski definition) is 0. The first-order valence-electron chi connectivity index (χ1n) is 7.73. The Labute approximate surface area is 144 Å². The van der Waals surface area contributed by atoms with Crippen LogP contribution in [0.5, 0.6) is 0 Å². The van der Waals surface area contributed by atoms with Crippen molar-refractivity contribution in [3.63, 3.8) is 0 Å². The van der Waals surface area contributed by atoms with Gasteiger partial charge in [0.1, 0.15) is 0 Å². The number of fused-ring (bicyclic) bond motifs is 1. The zero-order valence-corrected chi connectivity index (χ0v) is 13.5. The number of amides is 1. The summed E-state index contributed by atoms with van der Waals surface area (Å²) in [5.74, 6) is -0.849. The molecule has 0 fully saturated rings. The maximum Gasteiger partial charge on any atom is 0.339 e. The van der Waals surface area contributed by atoms with Gasteiger partial charge in [0, 0.05) is 32.1 Å². The molecule has 1 aliphatic rings. The molecule has 0 spiro atoms. The average molecular weight is 340 g/mol. The lowest BCUT2D eigenvalue weighted by Crippen LogP contribution is -2.42. The van der Waals surface area contributed by atoms with Crippen molar-refractivity contribution in [1.29, 1.82) is 0 Å². The molecule has 0 aliphatic carbocycles. The summed E-state index contributed by atoms with van der Waals surface area (Å²) in [6.07, 6.45) is -0.564. The van der Waals surface area contributed by atoms with Gasteiger partial charge < -0.3 is 9.64 Å².